The molecule has 2 aromatic rings. The molecule has 0 spiro atoms. The minimum Gasteiger partial charge on any atom is -0.475 e. The number of carbonyl (C=O) groups is 2. The molecule has 2 fully saturated rings. The fourth-order valence-electron chi connectivity index (χ4n) is 3.10. The molecule has 0 radical (unpaired) electrons. The normalized spacial score (nSPS) is 21.2. The second-order valence-electron chi connectivity index (χ2n) is 6.21. The van der Waals surface area contributed by atoms with Crippen molar-refractivity contribution in [2.45, 2.75) is 18.3 Å². The molecule has 12 heteroatoms. The zero-order valence-electron chi connectivity index (χ0n) is 15.0. The predicted octanol–water partition coefficient (Wildman–Crippen LogP) is 1.90. The zero-order chi connectivity index (χ0) is 21.0. The van der Waals surface area contributed by atoms with Crippen molar-refractivity contribution in [3.8, 4) is 0 Å². The van der Waals surface area contributed by atoms with Crippen molar-refractivity contribution in [3.63, 3.8) is 0 Å². The maximum Gasteiger partial charge on any atom is 0.490 e. The number of carboxylic acid groups (broad SMARTS) is 1. The number of anilines is 1. The third-order valence-electron chi connectivity index (χ3n) is 4.37. The Labute approximate surface area is 167 Å². The van der Waals surface area contributed by atoms with Gasteiger partial charge in [0.2, 0.25) is 5.95 Å². The number of carbonyl (C=O) groups excluding carboxylic acids is 1. The summed E-state index contributed by atoms with van der Waals surface area (Å²) < 4.78 is 37.6. The number of aromatic nitrogens is 2. The van der Waals surface area contributed by atoms with Gasteiger partial charge in [-0.2, -0.15) is 13.2 Å². The van der Waals surface area contributed by atoms with Crippen LogP contribution in [0.2, 0.25) is 0 Å². The first-order valence-corrected chi connectivity index (χ1v) is 9.43. The van der Waals surface area contributed by atoms with Gasteiger partial charge in [-0.3, -0.25) is 4.79 Å². The molecule has 8 nitrogen and oxygen atoms in total. The number of rotatable bonds is 2. The van der Waals surface area contributed by atoms with E-state index in [2.05, 4.69) is 14.9 Å². The highest BCUT2D eigenvalue weighted by molar-refractivity contribution is 7.12. The Kier molecular flexibility index (Phi) is 6.33. The van der Waals surface area contributed by atoms with E-state index in [1.807, 2.05) is 28.5 Å². The Bertz CT molecular complexity index is 835. The largest absolute Gasteiger partial charge is 0.490 e. The van der Waals surface area contributed by atoms with Crippen LogP contribution in [0.25, 0.3) is 0 Å². The van der Waals surface area contributed by atoms with Crippen LogP contribution in [0.15, 0.2) is 36.0 Å². The molecule has 2 aliphatic heterocycles. The van der Waals surface area contributed by atoms with E-state index < -0.39 is 12.1 Å². The number of morpholine rings is 1. The topological polar surface area (TPSA) is 95.9 Å². The summed E-state index contributed by atoms with van der Waals surface area (Å²) in [6.45, 7) is 2.68. The van der Waals surface area contributed by atoms with Crippen LogP contribution in [-0.2, 0) is 9.53 Å². The van der Waals surface area contributed by atoms with Gasteiger partial charge in [0.1, 0.15) is 0 Å². The number of ether oxygens (including phenoxy) is 1. The summed E-state index contributed by atoms with van der Waals surface area (Å²) in [6.07, 6.45) is -1.56. The van der Waals surface area contributed by atoms with Gasteiger partial charge >= 0.3 is 12.1 Å². The molecule has 4 heterocycles. The van der Waals surface area contributed by atoms with E-state index in [4.69, 9.17) is 14.6 Å². The lowest BCUT2D eigenvalue weighted by Crippen LogP contribution is -2.51. The summed E-state index contributed by atoms with van der Waals surface area (Å²) in [5, 5.41) is 9.05. The number of nitrogens with zero attached hydrogens (tertiary/aromatic N) is 4. The fourth-order valence-corrected chi connectivity index (χ4v) is 3.79. The molecule has 0 saturated carbocycles. The molecule has 2 atom stereocenters. The Balaban J connectivity index is 0.000000298. The van der Waals surface area contributed by atoms with Gasteiger partial charge in [0.05, 0.1) is 23.6 Å². The van der Waals surface area contributed by atoms with Crippen LogP contribution in [-0.4, -0.2) is 76.4 Å². The molecule has 0 unspecified atom stereocenters. The standard InChI is InChI=1S/C15H16N4O2S.C2HF3O2/c20-14(13-3-1-8-22-13)18-9-11-12(10-18)21-7-6-19(11)15-16-4-2-5-17-15;3-2(4,5)1(6)7/h1-5,8,11-12H,6-7,9-10H2;(H,6,7)/t11-,12+;/m1./s1. The molecule has 1 N–H and O–H groups in total. The van der Waals surface area contributed by atoms with E-state index >= 15 is 0 Å². The molecule has 0 aliphatic carbocycles. The second-order valence-corrected chi connectivity index (χ2v) is 7.16. The predicted molar refractivity (Wildman–Crippen MR) is 96.8 cm³/mol. The van der Waals surface area contributed by atoms with Crippen LogP contribution >= 0.6 is 11.3 Å². The van der Waals surface area contributed by atoms with Crippen LogP contribution in [0, 0.1) is 0 Å². The number of alkyl halides is 3. The van der Waals surface area contributed by atoms with Crippen molar-refractivity contribution < 1.29 is 32.6 Å². The maximum absolute atomic E-state index is 12.5. The van der Waals surface area contributed by atoms with Crippen LogP contribution in [0.1, 0.15) is 9.67 Å². The van der Waals surface area contributed by atoms with Crippen LogP contribution < -0.4 is 4.90 Å². The van der Waals surface area contributed by atoms with E-state index in [1.54, 1.807) is 12.4 Å². The monoisotopic (exact) mass is 430 g/mol. The number of amides is 1. The lowest BCUT2D eigenvalue weighted by molar-refractivity contribution is -0.192. The smallest absolute Gasteiger partial charge is 0.475 e. The Morgan fingerprint density at radius 3 is 2.48 bits per heavy atom. The molecular weight excluding hydrogens is 413 g/mol. The number of hydrogen-bond donors (Lipinski definition) is 1. The van der Waals surface area contributed by atoms with Crippen molar-refractivity contribution in [2.75, 3.05) is 31.1 Å². The minimum absolute atomic E-state index is 0.0291. The van der Waals surface area contributed by atoms with Gasteiger partial charge in [0.25, 0.3) is 5.91 Å². The van der Waals surface area contributed by atoms with E-state index in [-0.39, 0.29) is 18.1 Å². The minimum atomic E-state index is -5.08. The molecule has 1 amide bonds. The van der Waals surface area contributed by atoms with Gasteiger partial charge in [0.15, 0.2) is 0 Å². The average molecular weight is 430 g/mol. The summed E-state index contributed by atoms with van der Waals surface area (Å²) in [5.74, 6) is -1.96. The van der Waals surface area contributed by atoms with Crippen molar-refractivity contribution in [1.29, 1.82) is 0 Å². The van der Waals surface area contributed by atoms with Crippen LogP contribution in [0.4, 0.5) is 19.1 Å². The number of likely N-dealkylation sites (tertiary alicyclic amines) is 1. The van der Waals surface area contributed by atoms with Crippen molar-refractivity contribution >= 4 is 29.2 Å². The van der Waals surface area contributed by atoms with Crippen LogP contribution in [0.5, 0.6) is 0 Å². The number of hydrogen-bond acceptors (Lipinski definition) is 7. The highest BCUT2D eigenvalue weighted by Crippen LogP contribution is 2.27. The number of carboxylic acids is 1. The Morgan fingerprint density at radius 2 is 1.90 bits per heavy atom. The summed E-state index contributed by atoms with van der Waals surface area (Å²) >= 11 is 1.48. The lowest BCUT2D eigenvalue weighted by Gasteiger charge is -2.36. The molecular formula is C17H17F3N4O4S. The number of halogens is 3. The SMILES string of the molecule is O=C(O)C(F)(F)F.O=C(c1cccs1)N1C[C@@H]2OCCN(c3ncccn3)[C@@H]2C1. The number of fused-ring (bicyclic) bond motifs is 1. The third kappa shape index (κ3) is 5.01. The molecule has 29 heavy (non-hydrogen) atoms. The average Bonchev–Trinajstić information content (AvgIpc) is 3.37. The quantitative estimate of drug-likeness (QED) is 0.778. The second kappa shape index (κ2) is 8.74. The van der Waals surface area contributed by atoms with E-state index in [0.717, 1.165) is 11.4 Å². The first kappa shape index (κ1) is 21.0. The summed E-state index contributed by atoms with van der Waals surface area (Å²) in [7, 11) is 0. The molecule has 2 aliphatic rings. The van der Waals surface area contributed by atoms with Gasteiger partial charge in [-0.05, 0) is 17.5 Å². The van der Waals surface area contributed by atoms with Crippen molar-refractivity contribution in [2.24, 2.45) is 0 Å². The fraction of sp³-hybridized carbons (Fsp3) is 0.412. The Hall–Kier alpha value is -2.73. The molecule has 0 aromatic carbocycles. The Morgan fingerprint density at radius 1 is 1.21 bits per heavy atom. The van der Waals surface area contributed by atoms with Crippen molar-refractivity contribution in [3.05, 3.63) is 40.8 Å². The molecule has 2 saturated heterocycles. The first-order valence-electron chi connectivity index (χ1n) is 8.55. The molecule has 2 aromatic heterocycles. The van der Waals surface area contributed by atoms with Gasteiger partial charge in [-0.25, -0.2) is 14.8 Å². The summed E-state index contributed by atoms with van der Waals surface area (Å²) in [6, 6.07) is 5.71. The van der Waals surface area contributed by atoms with Crippen molar-refractivity contribution in [1.82, 2.24) is 14.9 Å². The third-order valence-corrected chi connectivity index (χ3v) is 5.23. The van der Waals surface area contributed by atoms with E-state index in [0.29, 0.717) is 25.6 Å². The number of thiophene rings is 1. The van der Waals surface area contributed by atoms with Gasteiger partial charge < -0.3 is 19.6 Å². The highest BCUT2D eigenvalue weighted by atomic mass is 32.1. The van der Waals surface area contributed by atoms with E-state index in [9.17, 15) is 18.0 Å². The summed E-state index contributed by atoms with van der Waals surface area (Å²) in [4.78, 5) is 34.9. The molecule has 0 bridgehead atoms. The van der Waals surface area contributed by atoms with Gasteiger partial charge in [0, 0.05) is 32.0 Å². The lowest BCUT2D eigenvalue weighted by atomic mass is 10.1. The molecule has 156 valence electrons. The summed E-state index contributed by atoms with van der Waals surface area (Å²) in [5.41, 5.74) is 0. The highest BCUT2D eigenvalue weighted by Gasteiger charge is 2.43. The van der Waals surface area contributed by atoms with E-state index in [1.165, 1.54) is 11.3 Å². The molecule has 4 rings (SSSR count). The maximum atomic E-state index is 12.5. The van der Waals surface area contributed by atoms with Crippen LogP contribution in [0.3, 0.4) is 0 Å². The zero-order valence-corrected chi connectivity index (χ0v) is 15.8. The van der Waals surface area contributed by atoms with Gasteiger partial charge in [-0.15, -0.1) is 11.3 Å². The first-order chi connectivity index (χ1) is 13.8. The van der Waals surface area contributed by atoms with Gasteiger partial charge in [-0.1, -0.05) is 6.07 Å². The number of aliphatic carboxylic acids is 1.